The fraction of sp³-hybridized carbons (Fsp3) is 0.333. The molecule has 3 heterocycles. The standard InChI is InChI=1S/C18H18N6O4/c1-23-16(11(9-19)10-20-23)22-17(25)12-3-4-13(26-2)14-15(12)28-18(21-14)24-5-7-27-8-6-24/h3-4,10H,5-8H2,1-2H3,(H,22,25). The lowest BCUT2D eigenvalue weighted by Gasteiger charge is -2.24. The number of ether oxygens (including phenoxy) is 2. The molecule has 2 aromatic heterocycles. The van der Waals surface area contributed by atoms with Crippen molar-refractivity contribution in [1.29, 1.82) is 5.26 Å². The number of nitriles is 1. The minimum Gasteiger partial charge on any atom is -0.494 e. The van der Waals surface area contributed by atoms with Gasteiger partial charge in [-0.05, 0) is 12.1 Å². The van der Waals surface area contributed by atoms with E-state index in [1.165, 1.54) is 18.0 Å². The molecule has 0 aliphatic carbocycles. The van der Waals surface area contributed by atoms with E-state index in [9.17, 15) is 10.1 Å². The highest BCUT2D eigenvalue weighted by molar-refractivity contribution is 6.12. The number of hydrogen-bond donors (Lipinski definition) is 1. The van der Waals surface area contributed by atoms with Crippen LogP contribution in [0.15, 0.2) is 22.7 Å². The molecule has 4 rings (SSSR count). The largest absolute Gasteiger partial charge is 0.494 e. The Morgan fingerprint density at radius 2 is 2.14 bits per heavy atom. The van der Waals surface area contributed by atoms with Gasteiger partial charge in [-0.15, -0.1) is 0 Å². The number of benzene rings is 1. The van der Waals surface area contributed by atoms with E-state index in [1.807, 2.05) is 11.0 Å². The van der Waals surface area contributed by atoms with Gasteiger partial charge in [0.25, 0.3) is 11.9 Å². The van der Waals surface area contributed by atoms with E-state index in [-0.39, 0.29) is 11.1 Å². The van der Waals surface area contributed by atoms with Gasteiger partial charge in [0.15, 0.2) is 11.1 Å². The lowest BCUT2D eigenvalue weighted by molar-refractivity contribution is 0.102. The van der Waals surface area contributed by atoms with Crippen molar-refractivity contribution in [3.8, 4) is 11.8 Å². The van der Waals surface area contributed by atoms with Crippen LogP contribution in [-0.4, -0.2) is 54.1 Å². The highest BCUT2D eigenvalue weighted by atomic mass is 16.5. The van der Waals surface area contributed by atoms with E-state index >= 15 is 0 Å². The van der Waals surface area contributed by atoms with Gasteiger partial charge in [-0.25, -0.2) is 0 Å². The Morgan fingerprint density at radius 3 is 2.86 bits per heavy atom. The number of methoxy groups -OCH3 is 1. The lowest BCUT2D eigenvalue weighted by Crippen LogP contribution is -2.36. The summed E-state index contributed by atoms with van der Waals surface area (Å²) < 4.78 is 18.1. The van der Waals surface area contributed by atoms with Crippen molar-refractivity contribution >= 4 is 28.8 Å². The van der Waals surface area contributed by atoms with Gasteiger partial charge in [-0.1, -0.05) is 0 Å². The molecule has 1 aromatic carbocycles. The zero-order chi connectivity index (χ0) is 19.7. The average molecular weight is 382 g/mol. The number of rotatable bonds is 4. The zero-order valence-electron chi connectivity index (χ0n) is 15.4. The molecule has 0 unspecified atom stereocenters. The molecule has 28 heavy (non-hydrogen) atoms. The molecule has 1 saturated heterocycles. The first-order chi connectivity index (χ1) is 13.6. The maximum atomic E-state index is 12.9. The first kappa shape index (κ1) is 17.8. The summed E-state index contributed by atoms with van der Waals surface area (Å²) in [6.07, 6.45) is 1.39. The Kier molecular flexibility index (Phi) is 4.58. The number of aromatic nitrogens is 3. The van der Waals surface area contributed by atoms with Crippen LogP contribution in [-0.2, 0) is 11.8 Å². The third-order valence-corrected chi connectivity index (χ3v) is 4.53. The predicted octanol–water partition coefficient (Wildman–Crippen LogP) is 1.53. The molecule has 10 nitrogen and oxygen atoms in total. The van der Waals surface area contributed by atoms with Crippen molar-refractivity contribution in [1.82, 2.24) is 14.8 Å². The van der Waals surface area contributed by atoms with Gasteiger partial charge < -0.3 is 24.1 Å². The van der Waals surface area contributed by atoms with Crippen LogP contribution in [0.4, 0.5) is 11.8 Å². The molecule has 3 aromatic rings. The van der Waals surface area contributed by atoms with Crippen LogP contribution >= 0.6 is 0 Å². The van der Waals surface area contributed by atoms with E-state index in [0.717, 1.165) is 0 Å². The van der Waals surface area contributed by atoms with Crippen LogP contribution in [0.5, 0.6) is 5.75 Å². The molecule has 144 valence electrons. The van der Waals surface area contributed by atoms with E-state index in [0.29, 0.717) is 55.0 Å². The number of amides is 1. The van der Waals surface area contributed by atoms with Crippen LogP contribution in [0, 0.1) is 11.3 Å². The van der Waals surface area contributed by atoms with Gasteiger partial charge in [-0.3, -0.25) is 9.48 Å². The van der Waals surface area contributed by atoms with Gasteiger partial charge in [0, 0.05) is 20.1 Å². The Labute approximate surface area is 160 Å². The summed E-state index contributed by atoms with van der Waals surface area (Å²) in [5.74, 6) is 0.384. The van der Waals surface area contributed by atoms with Crippen LogP contribution in [0.3, 0.4) is 0 Å². The number of carbonyl (C=O) groups excluding carboxylic acids is 1. The molecule has 1 N–H and O–H groups in total. The number of nitrogens with zero attached hydrogens (tertiary/aromatic N) is 5. The fourth-order valence-corrected chi connectivity index (χ4v) is 3.05. The normalized spacial score (nSPS) is 14.1. The monoisotopic (exact) mass is 382 g/mol. The van der Waals surface area contributed by atoms with E-state index in [4.69, 9.17) is 13.9 Å². The molecule has 0 bridgehead atoms. The van der Waals surface area contributed by atoms with E-state index in [1.54, 1.807) is 19.2 Å². The molecule has 0 radical (unpaired) electrons. The number of anilines is 2. The van der Waals surface area contributed by atoms with Crippen molar-refractivity contribution < 1.29 is 18.7 Å². The molecular formula is C18H18N6O4. The highest BCUT2D eigenvalue weighted by Gasteiger charge is 2.24. The Hall–Kier alpha value is -3.58. The van der Waals surface area contributed by atoms with Crippen molar-refractivity contribution in [2.75, 3.05) is 43.6 Å². The van der Waals surface area contributed by atoms with Crippen molar-refractivity contribution in [2.45, 2.75) is 0 Å². The third kappa shape index (κ3) is 3.01. The molecular weight excluding hydrogens is 364 g/mol. The Balaban J connectivity index is 1.74. The van der Waals surface area contributed by atoms with E-state index < -0.39 is 5.91 Å². The Bertz CT molecular complexity index is 1070. The number of oxazole rings is 1. The van der Waals surface area contributed by atoms with Gasteiger partial charge in [-0.2, -0.15) is 15.3 Å². The SMILES string of the molecule is COc1ccc(C(=O)Nc2c(C#N)cnn2C)c2oc(N3CCOCC3)nc12. The minimum atomic E-state index is -0.433. The smallest absolute Gasteiger partial charge is 0.298 e. The molecule has 1 aliphatic heterocycles. The van der Waals surface area contributed by atoms with Gasteiger partial charge in [0.1, 0.15) is 23.2 Å². The predicted molar refractivity (Wildman–Crippen MR) is 99.5 cm³/mol. The van der Waals surface area contributed by atoms with Crippen LogP contribution in [0.25, 0.3) is 11.1 Å². The molecule has 1 aliphatic rings. The minimum absolute atomic E-state index is 0.271. The van der Waals surface area contributed by atoms with E-state index in [2.05, 4.69) is 15.4 Å². The topological polar surface area (TPSA) is 118 Å². The van der Waals surface area contributed by atoms with Crippen molar-refractivity contribution in [3.05, 3.63) is 29.5 Å². The maximum absolute atomic E-state index is 12.9. The number of morpholine rings is 1. The lowest BCUT2D eigenvalue weighted by atomic mass is 10.1. The molecule has 1 fully saturated rings. The molecule has 1 amide bonds. The first-order valence-electron chi connectivity index (χ1n) is 8.66. The summed E-state index contributed by atoms with van der Waals surface area (Å²) in [6, 6.07) is 5.68. The summed E-state index contributed by atoms with van der Waals surface area (Å²) in [5.41, 5.74) is 1.33. The fourth-order valence-electron chi connectivity index (χ4n) is 3.05. The third-order valence-electron chi connectivity index (χ3n) is 4.53. The zero-order valence-corrected chi connectivity index (χ0v) is 15.4. The summed E-state index contributed by atoms with van der Waals surface area (Å²) >= 11 is 0. The summed E-state index contributed by atoms with van der Waals surface area (Å²) in [6.45, 7) is 2.47. The number of carbonyl (C=O) groups is 1. The van der Waals surface area contributed by atoms with Crippen molar-refractivity contribution in [3.63, 3.8) is 0 Å². The second-order valence-electron chi connectivity index (χ2n) is 6.19. The first-order valence-corrected chi connectivity index (χ1v) is 8.66. The summed E-state index contributed by atoms with van der Waals surface area (Å²) in [5, 5.41) is 15.9. The van der Waals surface area contributed by atoms with Gasteiger partial charge in [0.05, 0.1) is 32.1 Å². The summed E-state index contributed by atoms with van der Waals surface area (Å²) in [7, 11) is 3.18. The second-order valence-corrected chi connectivity index (χ2v) is 6.19. The summed E-state index contributed by atoms with van der Waals surface area (Å²) in [4.78, 5) is 19.4. The molecule has 10 heteroatoms. The van der Waals surface area contributed by atoms with Crippen LogP contribution in [0.1, 0.15) is 15.9 Å². The maximum Gasteiger partial charge on any atom is 0.298 e. The second kappa shape index (κ2) is 7.21. The average Bonchev–Trinajstić information content (AvgIpc) is 3.32. The molecule has 0 spiro atoms. The number of hydrogen-bond acceptors (Lipinski definition) is 8. The highest BCUT2D eigenvalue weighted by Crippen LogP contribution is 2.32. The number of nitrogens with one attached hydrogen (secondary N) is 1. The van der Waals surface area contributed by atoms with Gasteiger partial charge >= 0.3 is 0 Å². The molecule has 0 atom stereocenters. The molecule has 0 saturated carbocycles. The quantitative estimate of drug-likeness (QED) is 0.722. The number of aryl methyl sites for hydroxylation is 1. The Morgan fingerprint density at radius 1 is 1.36 bits per heavy atom. The van der Waals surface area contributed by atoms with Crippen molar-refractivity contribution in [2.24, 2.45) is 7.05 Å². The van der Waals surface area contributed by atoms with Crippen LogP contribution in [0.2, 0.25) is 0 Å². The van der Waals surface area contributed by atoms with Gasteiger partial charge in [0.2, 0.25) is 0 Å². The number of fused-ring (bicyclic) bond motifs is 1. The van der Waals surface area contributed by atoms with Crippen LogP contribution < -0.4 is 15.0 Å².